The van der Waals surface area contributed by atoms with E-state index >= 15 is 0 Å². The van der Waals surface area contributed by atoms with Crippen LogP contribution in [0.25, 0.3) is 0 Å². The molecule has 11 amide bonds. The van der Waals surface area contributed by atoms with Crippen molar-refractivity contribution in [3.8, 4) is 0 Å². The van der Waals surface area contributed by atoms with Crippen LogP contribution in [-0.4, -0.2) is 181 Å². The van der Waals surface area contributed by atoms with Crippen molar-refractivity contribution in [1.29, 1.82) is 10.8 Å². The zero-order chi connectivity index (χ0) is 51.3. The molecule has 0 aromatic carbocycles. The van der Waals surface area contributed by atoms with Crippen molar-refractivity contribution in [1.82, 2.24) is 63.8 Å². The molecule has 1 heterocycles. The quantitative estimate of drug-likeness (QED) is 0.0238. The highest BCUT2D eigenvalue weighted by atomic mass is 33.1. The Morgan fingerprint density at radius 3 is 1.76 bits per heavy atom. The van der Waals surface area contributed by atoms with Crippen molar-refractivity contribution in [3.05, 3.63) is 0 Å². The predicted octanol–water partition coefficient (Wildman–Crippen LogP) is -8.44. The molecular formula is C36H61N17O12S3. The molecule has 21 N–H and O–H groups in total. The fraction of sp³-hybridized carbons (Fsp3) is 0.611. The molecule has 32 heteroatoms. The number of amides is 11. The van der Waals surface area contributed by atoms with Crippen molar-refractivity contribution < 1.29 is 57.8 Å². The van der Waals surface area contributed by atoms with E-state index in [1.807, 2.05) is 0 Å². The number of carbonyl (C=O) groups is 11. The summed E-state index contributed by atoms with van der Waals surface area (Å²) < 4.78 is 0. The Balaban J connectivity index is 3.54. The molecule has 0 radical (unpaired) electrons. The minimum absolute atomic E-state index is 0.0726. The molecule has 7 atom stereocenters. The SMILES string of the molecule is CC(=O)N[C@H]1CSSC[C@@H](C(=O)N[C@@H](CC=S)C(N)=O)NC(=O)[C@H](CO)NC(=O)CNC(=O)CNC(=O)[C@H](C)NC(=O)[C@H](CCCNC(=N)N)NC(=O)[C@H](CCCNC(=N)N)NC(=O)CNC1=O. The van der Waals surface area contributed by atoms with Crippen molar-refractivity contribution >= 4 is 116 Å². The summed E-state index contributed by atoms with van der Waals surface area (Å²) in [4.78, 5) is 143. The summed E-state index contributed by atoms with van der Waals surface area (Å²) in [7, 11) is 1.85. The normalized spacial score (nSPS) is 22.9. The minimum atomic E-state index is -1.68. The second-order valence-corrected chi connectivity index (χ2v) is 17.5. The summed E-state index contributed by atoms with van der Waals surface area (Å²) >= 11 is 4.78. The summed E-state index contributed by atoms with van der Waals surface area (Å²) in [5.74, 6) is -11.0. The smallest absolute Gasteiger partial charge is 0.245 e. The number of nitrogens with two attached hydrogens (primary N) is 3. The van der Waals surface area contributed by atoms with Crippen molar-refractivity contribution in [3.63, 3.8) is 0 Å². The largest absolute Gasteiger partial charge is 0.394 e. The van der Waals surface area contributed by atoms with Crippen LogP contribution in [0.3, 0.4) is 0 Å². The van der Waals surface area contributed by atoms with E-state index in [0.29, 0.717) is 0 Å². The topological polar surface area (TPSA) is 478 Å². The third kappa shape index (κ3) is 24.8. The van der Waals surface area contributed by atoms with Crippen molar-refractivity contribution in [2.24, 2.45) is 17.2 Å². The van der Waals surface area contributed by atoms with Crippen LogP contribution in [0, 0.1) is 10.8 Å². The van der Waals surface area contributed by atoms with E-state index in [0.717, 1.165) is 33.9 Å². The van der Waals surface area contributed by atoms with E-state index in [4.69, 9.17) is 40.2 Å². The average molecular weight is 1020 g/mol. The predicted molar refractivity (Wildman–Crippen MR) is 252 cm³/mol. The lowest BCUT2D eigenvalue weighted by Crippen LogP contribution is -2.58. The molecule has 0 aromatic rings. The molecule has 1 aliphatic rings. The summed E-state index contributed by atoms with van der Waals surface area (Å²) in [6.07, 6.45) is 0.0189. The first-order chi connectivity index (χ1) is 32.1. The molecule has 0 saturated carbocycles. The average Bonchev–Trinajstić information content (AvgIpc) is 3.27. The number of aliphatic hydroxyl groups excluding tert-OH is 1. The Morgan fingerprint density at radius 1 is 0.721 bits per heavy atom. The van der Waals surface area contributed by atoms with Gasteiger partial charge in [0.1, 0.15) is 42.3 Å². The molecule has 1 saturated heterocycles. The number of hydrogen-bond acceptors (Lipinski definition) is 17. The van der Waals surface area contributed by atoms with Crippen LogP contribution in [-0.2, 0) is 52.7 Å². The van der Waals surface area contributed by atoms with E-state index in [1.54, 1.807) is 0 Å². The second-order valence-electron chi connectivity index (χ2n) is 14.6. The van der Waals surface area contributed by atoms with Gasteiger partial charge in [0.25, 0.3) is 0 Å². The second kappa shape index (κ2) is 32.2. The number of thiocarbonyl (C=S) groups is 1. The fourth-order valence-corrected chi connectivity index (χ4v) is 8.04. The van der Waals surface area contributed by atoms with E-state index in [1.165, 1.54) is 6.92 Å². The standard InChI is InChI=1S/C36H61N17O12S3/c1-17-29(60)45-11-25(56)44-12-26(57)50-22(14-54)33(64)53-24(34(65)51-19(7-10-66)28(37)59)16-68-67-15-23(48-18(2)55)30(61)46-13-27(58)49-20(5-3-8-42-35(38)39)32(63)52-21(31(62)47-17)6-4-9-43-36(40)41/h10,17,19-24,54H,3-9,11-16H2,1-2H3,(H2,37,59)(H,44,56)(H,45,60)(H,46,61)(H,47,62)(H,48,55)(H,49,58)(H,50,57)(H,51,65)(H,52,63)(H,53,64)(H4,38,39,42)(H4,40,41,43)/t17-,19-,20-,21-,22-,23-,24-/m0/s1. The lowest BCUT2D eigenvalue weighted by atomic mass is 10.1. The van der Waals surface area contributed by atoms with E-state index in [9.17, 15) is 57.8 Å². The molecule has 0 aliphatic carbocycles. The third-order valence-electron chi connectivity index (χ3n) is 9.01. The van der Waals surface area contributed by atoms with E-state index in [-0.39, 0.29) is 68.6 Å². The number of nitrogens with one attached hydrogen (secondary N) is 14. The molecule has 1 rings (SSSR count). The highest BCUT2D eigenvalue weighted by Crippen LogP contribution is 2.23. The first-order valence-electron chi connectivity index (χ1n) is 20.7. The Labute approximate surface area is 403 Å². The number of aliphatic hydroxyl groups is 1. The maximum absolute atomic E-state index is 13.7. The number of hydrogen-bond donors (Lipinski definition) is 18. The molecule has 0 spiro atoms. The van der Waals surface area contributed by atoms with Crippen LogP contribution < -0.4 is 81.0 Å². The highest BCUT2D eigenvalue weighted by molar-refractivity contribution is 8.76. The monoisotopic (exact) mass is 1020 g/mol. The van der Waals surface area contributed by atoms with E-state index < -0.39 is 134 Å². The zero-order valence-corrected chi connectivity index (χ0v) is 39.7. The molecule has 0 unspecified atom stereocenters. The Bertz CT molecular complexity index is 1870. The number of rotatable bonds is 15. The van der Waals surface area contributed by atoms with Crippen LogP contribution in [0.2, 0.25) is 0 Å². The Morgan fingerprint density at radius 2 is 1.22 bits per heavy atom. The Hall–Kier alpha value is -6.54. The first-order valence-corrected chi connectivity index (χ1v) is 23.7. The lowest BCUT2D eigenvalue weighted by molar-refractivity contribution is -0.134. The molecule has 68 heavy (non-hydrogen) atoms. The molecular weight excluding hydrogens is 959 g/mol. The molecule has 0 bridgehead atoms. The van der Waals surface area contributed by atoms with Gasteiger partial charge in [-0.2, -0.15) is 0 Å². The van der Waals surface area contributed by atoms with Crippen LogP contribution >= 0.6 is 33.8 Å². The molecule has 0 aromatic heterocycles. The lowest BCUT2D eigenvalue weighted by Gasteiger charge is -2.25. The van der Waals surface area contributed by atoms with Gasteiger partial charge in [0, 0.05) is 37.9 Å². The van der Waals surface area contributed by atoms with Gasteiger partial charge in [-0.25, -0.2) is 0 Å². The summed E-state index contributed by atoms with van der Waals surface area (Å²) in [6, 6.07) is -9.73. The van der Waals surface area contributed by atoms with Gasteiger partial charge in [0.05, 0.1) is 26.2 Å². The fourth-order valence-electron chi connectivity index (χ4n) is 5.52. The maximum Gasteiger partial charge on any atom is 0.245 e. The number of carbonyl (C=O) groups excluding carboxylic acids is 11. The van der Waals surface area contributed by atoms with Gasteiger partial charge < -0.3 is 86.1 Å². The van der Waals surface area contributed by atoms with Gasteiger partial charge in [-0.3, -0.25) is 63.6 Å². The summed E-state index contributed by atoms with van der Waals surface area (Å²) in [5.41, 5.74) is 16.1. The van der Waals surface area contributed by atoms with Gasteiger partial charge in [-0.15, -0.1) is 0 Å². The highest BCUT2D eigenvalue weighted by Gasteiger charge is 2.31. The molecule has 1 aliphatic heterocycles. The van der Waals surface area contributed by atoms with Crippen LogP contribution in [0.5, 0.6) is 0 Å². The van der Waals surface area contributed by atoms with Gasteiger partial charge >= 0.3 is 0 Å². The van der Waals surface area contributed by atoms with Crippen molar-refractivity contribution in [2.45, 2.75) is 88.2 Å². The minimum Gasteiger partial charge on any atom is -0.394 e. The Kier molecular flexibility index (Phi) is 28.2. The van der Waals surface area contributed by atoms with Crippen LogP contribution in [0.15, 0.2) is 0 Å². The number of primary amides is 1. The van der Waals surface area contributed by atoms with Crippen molar-refractivity contribution in [2.75, 3.05) is 50.8 Å². The van der Waals surface area contributed by atoms with E-state index in [2.05, 4.69) is 63.8 Å². The van der Waals surface area contributed by atoms with Crippen LogP contribution in [0.4, 0.5) is 0 Å². The number of guanidine groups is 2. The molecule has 29 nitrogen and oxygen atoms in total. The van der Waals surface area contributed by atoms with Gasteiger partial charge in [0.2, 0.25) is 65.0 Å². The summed E-state index contributed by atoms with van der Waals surface area (Å²) in [6.45, 7) is -0.550. The van der Waals surface area contributed by atoms with Gasteiger partial charge in [0.15, 0.2) is 11.9 Å². The summed E-state index contributed by atoms with van der Waals surface area (Å²) in [5, 5.41) is 54.7. The molecule has 380 valence electrons. The van der Waals surface area contributed by atoms with Gasteiger partial charge in [-0.05, 0) is 38.0 Å². The van der Waals surface area contributed by atoms with Crippen LogP contribution in [0.1, 0.15) is 46.0 Å². The maximum atomic E-state index is 13.7. The zero-order valence-electron chi connectivity index (χ0n) is 37.2. The third-order valence-corrected chi connectivity index (χ3v) is 11.6. The first kappa shape index (κ1) is 59.5. The van der Waals surface area contributed by atoms with Gasteiger partial charge in [-0.1, -0.05) is 33.8 Å². The molecule has 1 fully saturated rings.